The average molecular weight is 291 g/mol. The number of amides is 1. The molecule has 1 aromatic heterocycles. The van der Waals surface area contributed by atoms with Crippen molar-refractivity contribution in [2.75, 3.05) is 7.05 Å². The van der Waals surface area contributed by atoms with E-state index in [0.29, 0.717) is 11.6 Å². The molecule has 1 aromatic carbocycles. The molecule has 0 aliphatic heterocycles. The van der Waals surface area contributed by atoms with E-state index in [1.165, 1.54) is 10.6 Å². The number of hydrogen-bond donors (Lipinski definition) is 0. The van der Waals surface area contributed by atoms with E-state index in [9.17, 15) is 9.59 Å². The zero-order valence-corrected chi connectivity index (χ0v) is 11.9. The highest BCUT2D eigenvalue weighted by Crippen LogP contribution is 2.12. The van der Waals surface area contributed by atoms with E-state index in [-0.39, 0.29) is 18.0 Å². The summed E-state index contributed by atoms with van der Waals surface area (Å²) in [7, 11) is 1.71. The predicted octanol–water partition coefficient (Wildman–Crippen LogP) is 2.16. The maximum Gasteiger partial charge on any atom is 0.250 e. The van der Waals surface area contributed by atoms with Gasteiger partial charge in [0.15, 0.2) is 0 Å². The van der Waals surface area contributed by atoms with Crippen molar-refractivity contribution < 1.29 is 4.79 Å². The van der Waals surface area contributed by atoms with E-state index < -0.39 is 0 Å². The standard InChI is InChI=1S/C15H15ClN2O2/c1-17(10-12-5-4-6-13(16)9-12)15(20)11-18-8-3-2-7-14(18)19/h2-9H,10-11H2,1H3. The van der Waals surface area contributed by atoms with Gasteiger partial charge in [0.1, 0.15) is 6.54 Å². The van der Waals surface area contributed by atoms with Crippen LogP contribution in [0.1, 0.15) is 5.56 Å². The number of carbonyl (C=O) groups is 1. The molecule has 0 spiro atoms. The summed E-state index contributed by atoms with van der Waals surface area (Å²) in [6.45, 7) is 0.498. The van der Waals surface area contributed by atoms with Crippen molar-refractivity contribution in [3.63, 3.8) is 0 Å². The van der Waals surface area contributed by atoms with Gasteiger partial charge < -0.3 is 9.47 Å². The first-order chi connectivity index (χ1) is 9.56. The second-order valence-corrected chi connectivity index (χ2v) is 4.98. The molecule has 2 aromatic rings. The molecule has 4 nitrogen and oxygen atoms in total. The van der Waals surface area contributed by atoms with Gasteiger partial charge >= 0.3 is 0 Å². The maximum atomic E-state index is 12.1. The minimum Gasteiger partial charge on any atom is -0.340 e. The first kappa shape index (κ1) is 14.3. The SMILES string of the molecule is CN(Cc1cccc(Cl)c1)C(=O)Cn1ccccc1=O. The third-order valence-corrected chi connectivity index (χ3v) is 3.17. The molecule has 0 unspecified atom stereocenters. The zero-order chi connectivity index (χ0) is 14.5. The van der Waals surface area contributed by atoms with Crippen LogP contribution >= 0.6 is 11.6 Å². The van der Waals surface area contributed by atoms with Crippen LogP contribution in [-0.2, 0) is 17.9 Å². The van der Waals surface area contributed by atoms with Crippen molar-refractivity contribution in [1.29, 1.82) is 0 Å². The normalized spacial score (nSPS) is 10.3. The molecule has 0 saturated heterocycles. The van der Waals surface area contributed by atoms with E-state index in [4.69, 9.17) is 11.6 Å². The fourth-order valence-corrected chi connectivity index (χ4v) is 2.07. The van der Waals surface area contributed by atoms with Gasteiger partial charge in [0, 0.05) is 30.9 Å². The van der Waals surface area contributed by atoms with Gasteiger partial charge in [0.2, 0.25) is 5.91 Å². The molecule has 5 heteroatoms. The van der Waals surface area contributed by atoms with Gasteiger partial charge in [-0.2, -0.15) is 0 Å². The minimum absolute atomic E-state index is 0.0384. The van der Waals surface area contributed by atoms with E-state index in [1.54, 1.807) is 36.3 Å². The Morgan fingerprint density at radius 1 is 1.25 bits per heavy atom. The number of likely N-dealkylation sites (N-methyl/N-ethyl adjacent to an activating group) is 1. The molecule has 104 valence electrons. The summed E-state index contributed by atoms with van der Waals surface area (Å²) >= 11 is 5.91. The number of pyridine rings is 1. The highest BCUT2D eigenvalue weighted by Gasteiger charge is 2.10. The Kier molecular flexibility index (Phi) is 4.58. The largest absolute Gasteiger partial charge is 0.340 e. The molecule has 0 saturated carbocycles. The topological polar surface area (TPSA) is 42.3 Å². The monoisotopic (exact) mass is 290 g/mol. The molecular weight excluding hydrogens is 276 g/mol. The Morgan fingerprint density at radius 2 is 2.05 bits per heavy atom. The summed E-state index contributed by atoms with van der Waals surface area (Å²) in [5.74, 6) is -0.127. The van der Waals surface area contributed by atoms with Crippen LogP contribution in [0.5, 0.6) is 0 Å². The van der Waals surface area contributed by atoms with Crippen LogP contribution in [0.25, 0.3) is 0 Å². The number of nitrogens with zero attached hydrogens (tertiary/aromatic N) is 2. The van der Waals surface area contributed by atoms with Crippen molar-refractivity contribution in [2.24, 2.45) is 0 Å². The summed E-state index contributed by atoms with van der Waals surface area (Å²) in [5.41, 5.74) is 0.769. The Morgan fingerprint density at radius 3 is 2.75 bits per heavy atom. The van der Waals surface area contributed by atoms with Crippen molar-refractivity contribution >= 4 is 17.5 Å². The molecule has 0 aliphatic carbocycles. The summed E-state index contributed by atoms with van der Waals surface area (Å²) in [5, 5.41) is 0.641. The van der Waals surface area contributed by atoms with Crippen molar-refractivity contribution in [3.05, 3.63) is 69.6 Å². The average Bonchev–Trinajstić information content (AvgIpc) is 2.41. The molecule has 0 fully saturated rings. The van der Waals surface area contributed by atoms with Crippen LogP contribution in [0, 0.1) is 0 Å². The van der Waals surface area contributed by atoms with Gasteiger partial charge in [0.25, 0.3) is 5.56 Å². The maximum absolute atomic E-state index is 12.1. The molecule has 1 amide bonds. The van der Waals surface area contributed by atoms with Gasteiger partial charge in [-0.05, 0) is 23.8 Å². The van der Waals surface area contributed by atoms with E-state index in [1.807, 2.05) is 18.2 Å². The van der Waals surface area contributed by atoms with Crippen LogP contribution in [0.15, 0.2) is 53.5 Å². The van der Waals surface area contributed by atoms with Gasteiger partial charge in [-0.15, -0.1) is 0 Å². The fourth-order valence-electron chi connectivity index (χ4n) is 1.86. The molecule has 0 bridgehead atoms. The summed E-state index contributed by atoms with van der Waals surface area (Å²) in [4.78, 5) is 25.2. The van der Waals surface area contributed by atoms with E-state index >= 15 is 0 Å². The Bertz CT molecular complexity index is 667. The Hall–Kier alpha value is -2.07. The zero-order valence-electron chi connectivity index (χ0n) is 11.1. The Balaban J connectivity index is 2.03. The molecular formula is C15H15ClN2O2. The first-order valence-corrected chi connectivity index (χ1v) is 6.58. The summed E-state index contributed by atoms with van der Waals surface area (Å²) < 4.78 is 1.39. The third kappa shape index (κ3) is 3.71. The minimum atomic E-state index is -0.183. The van der Waals surface area contributed by atoms with Crippen LogP contribution in [0.3, 0.4) is 0 Å². The molecule has 0 N–H and O–H groups in total. The molecule has 1 heterocycles. The van der Waals surface area contributed by atoms with Crippen LogP contribution in [-0.4, -0.2) is 22.4 Å². The molecule has 0 atom stereocenters. The molecule has 0 aliphatic rings. The summed E-state index contributed by atoms with van der Waals surface area (Å²) in [6.07, 6.45) is 1.60. The lowest BCUT2D eigenvalue weighted by molar-refractivity contribution is -0.131. The quantitative estimate of drug-likeness (QED) is 0.866. The van der Waals surface area contributed by atoms with Crippen LogP contribution in [0.4, 0.5) is 0 Å². The lowest BCUT2D eigenvalue weighted by Crippen LogP contribution is -2.33. The van der Waals surface area contributed by atoms with Crippen molar-refractivity contribution in [1.82, 2.24) is 9.47 Å². The van der Waals surface area contributed by atoms with Crippen molar-refractivity contribution in [2.45, 2.75) is 13.1 Å². The third-order valence-electron chi connectivity index (χ3n) is 2.94. The molecule has 20 heavy (non-hydrogen) atoms. The van der Waals surface area contributed by atoms with Gasteiger partial charge in [0.05, 0.1) is 0 Å². The number of benzene rings is 1. The molecule has 2 rings (SSSR count). The number of rotatable bonds is 4. The van der Waals surface area contributed by atoms with E-state index in [0.717, 1.165) is 5.56 Å². The predicted molar refractivity (Wildman–Crippen MR) is 78.6 cm³/mol. The van der Waals surface area contributed by atoms with Crippen molar-refractivity contribution in [3.8, 4) is 0 Å². The first-order valence-electron chi connectivity index (χ1n) is 6.20. The number of halogens is 1. The van der Waals surface area contributed by atoms with Gasteiger partial charge in [-0.25, -0.2) is 0 Å². The number of carbonyl (C=O) groups excluding carboxylic acids is 1. The fraction of sp³-hybridized carbons (Fsp3) is 0.200. The van der Waals surface area contributed by atoms with E-state index in [2.05, 4.69) is 0 Å². The number of hydrogen-bond acceptors (Lipinski definition) is 2. The van der Waals surface area contributed by atoms with Gasteiger partial charge in [-0.3, -0.25) is 9.59 Å². The molecule has 0 radical (unpaired) electrons. The summed E-state index contributed by atoms with van der Waals surface area (Å²) in [6, 6.07) is 12.2. The Labute approximate surface area is 122 Å². The van der Waals surface area contributed by atoms with Crippen LogP contribution < -0.4 is 5.56 Å². The second-order valence-electron chi connectivity index (χ2n) is 4.55. The highest BCUT2D eigenvalue weighted by molar-refractivity contribution is 6.30. The van der Waals surface area contributed by atoms with Gasteiger partial charge in [-0.1, -0.05) is 29.8 Å². The second kappa shape index (κ2) is 6.39. The number of aromatic nitrogens is 1. The lowest BCUT2D eigenvalue weighted by Gasteiger charge is -2.18. The highest BCUT2D eigenvalue weighted by atomic mass is 35.5. The van der Waals surface area contributed by atoms with Crippen LogP contribution in [0.2, 0.25) is 5.02 Å². The smallest absolute Gasteiger partial charge is 0.250 e. The lowest BCUT2D eigenvalue weighted by atomic mass is 10.2.